The fraction of sp³-hybridized carbons (Fsp3) is 0. The zero-order valence-corrected chi connectivity index (χ0v) is 9.35. The van der Waals surface area contributed by atoms with Crippen molar-refractivity contribution in [2.24, 2.45) is 0 Å². The summed E-state index contributed by atoms with van der Waals surface area (Å²) < 4.78 is 0. The van der Waals surface area contributed by atoms with Crippen LogP contribution < -0.4 is 6.15 Å². The van der Waals surface area contributed by atoms with Crippen molar-refractivity contribution >= 4 is 32.6 Å². The molecule has 0 atom stereocenters. The lowest BCUT2D eigenvalue weighted by Gasteiger charge is -2.07. The zero-order valence-electron chi connectivity index (χ0n) is 9.35. The molecule has 0 aliphatic carbocycles. The topological polar surface area (TPSA) is 47.9 Å². The molecule has 0 fully saturated rings. The number of nitrogens with zero attached hydrogens (tertiary/aromatic N) is 1. The number of fused-ring (bicyclic) bond motifs is 3. The molecular formula is C15H12N2. The number of aromatic nitrogens is 1. The maximum absolute atomic E-state index is 4.74. The first-order chi connectivity index (χ1) is 7.92. The highest BCUT2D eigenvalue weighted by Gasteiger charge is 2.05. The Bertz CT molecular complexity index is 717. The molecule has 0 spiro atoms. The van der Waals surface area contributed by atoms with Crippen molar-refractivity contribution < 1.29 is 0 Å². The summed E-state index contributed by atoms with van der Waals surface area (Å²) in [5, 5.41) is 4.96. The normalized spacial score (nSPS) is 11.1. The first kappa shape index (κ1) is 10.00. The fourth-order valence-electron chi connectivity index (χ4n) is 2.36. The second-order valence-corrected chi connectivity index (χ2v) is 4.15. The van der Waals surface area contributed by atoms with Crippen molar-refractivity contribution in [1.29, 1.82) is 0 Å². The van der Waals surface area contributed by atoms with Crippen molar-refractivity contribution in [2.75, 3.05) is 0 Å². The SMILES string of the molecule is N.c1ccc2nc3c4ccc(cc4)c3cc2c1. The van der Waals surface area contributed by atoms with Gasteiger partial charge in [-0.1, -0.05) is 42.5 Å². The first-order valence-electron chi connectivity index (χ1n) is 5.42. The molecule has 0 amide bonds. The second-order valence-electron chi connectivity index (χ2n) is 4.15. The van der Waals surface area contributed by atoms with Crippen LogP contribution in [0.2, 0.25) is 0 Å². The van der Waals surface area contributed by atoms with E-state index in [-0.39, 0.29) is 6.15 Å². The summed E-state index contributed by atoms with van der Waals surface area (Å²) in [6.07, 6.45) is 0. The van der Waals surface area contributed by atoms with Crippen LogP contribution in [0.15, 0.2) is 54.6 Å². The van der Waals surface area contributed by atoms with E-state index in [2.05, 4.69) is 48.5 Å². The molecule has 0 unspecified atom stereocenters. The van der Waals surface area contributed by atoms with Crippen molar-refractivity contribution in [2.45, 2.75) is 0 Å². The highest BCUT2D eigenvalue weighted by Crippen LogP contribution is 2.29. The lowest BCUT2D eigenvalue weighted by Crippen LogP contribution is -1.85. The molecular weight excluding hydrogens is 208 g/mol. The van der Waals surface area contributed by atoms with Gasteiger partial charge in [-0.3, -0.25) is 0 Å². The highest BCUT2D eigenvalue weighted by molar-refractivity contribution is 6.10. The van der Waals surface area contributed by atoms with Gasteiger partial charge in [0.15, 0.2) is 0 Å². The Morgan fingerprint density at radius 1 is 0.706 bits per heavy atom. The minimum atomic E-state index is 0. The molecule has 5 rings (SSSR count). The Hall–Kier alpha value is -2.19. The van der Waals surface area contributed by atoms with E-state index in [0.717, 1.165) is 11.0 Å². The Kier molecular flexibility index (Phi) is 2.00. The van der Waals surface area contributed by atoms with Gasteiger partial charge < -0.3 is 6.15 Å². The summed E-state index contributed by atoms with van der Waals surface area (Å²) in [6.45, 7) is 0. The Morgan fingerprint density at radius 2 is 1.41 bits per heavy atom. The van der Waals surface area contributed by atoms with Gasteiger partial charge in [-0.15, -0.1) is 0 Å². The summed E-state index contributed by atoms with van der Waals surface area (Å²) in [7, 11) is 0. The molecule has 2 bridgehead atoms. The molecule has 17 heavy (non-hydrogen) atoms. The Morgan fingerprint density at radius 3 is 2.24 bits per heavy atom. The van der Waals surface area contributed by atoms with Crippen molar-refractivity contribution in [3.8, 4) is 0 Å². The summed E-state index contributed by atoms with van der Waals surface area (Å²) >= 11 is 0. The number of rotatable bonds is 0. The summed E-state index contributed by atoms with van der Waals surface area (Å²) in [6, 6.07) is 19.1. The standard InChI is InChI=1S/C15H9N.H3N/c1-2-4-14-12(3-1)9-13-10-5-7-11(8-6-10)15(13)16-14;/h1-9H;1H3. The molecule has 0 aliphatic rings. The average molecular weight is 220 g/mol. The lowest BCUT2D eigenvalue weighted by molar-refractivity contribution is 1.51. The van der Waals surface area contributed by atoms with Crippen molar-refractivity contribution in [3.05, 3.63) is 54.6 Å². The van der Waals surface area contributed by atoms with Crippen LogP contribution in [0.4, 0.5) is 0 Å². The van der Waals surface area contributed by atoms with Gasteiger partial charge in [0.05, 0.1) is 11.0 Å². The van der Waals surface area contributed by atoms with Crippen LogP contribution in [0.25, 0.3) is 32.6 Å². The maximum Gasteiger partial charge on any atom is 0.0788 e. The zero-order chi connectivity index (χ0) is 10.5. The van der Waals surface area contributed by atoms with E-state index in [1.807, 2.05) is 6.07 Å². The van der Waals surface area contributed by atoms with Crippen LogP contribution in [0, 0.1) is 0 Å². The first-order valence-corrected chi connectivity index (χ1v) is 5.42. The van der Waals surface area contributed by atoms with Gasteiger partial charge in [0.1, 0.15) is 0 Å². The summed E-state index contributed by atoms with van der Waals surface area (Å²) in [5.74, 6) is 0. The van der Waals surface area contributed by atoms with Gasteiger partial charge in [0.25, 0.3) is 0 Å². The molecule has 0 saturated carbocycles. The van der Waals surface area contributed by atoms with Crippen LogP contribution >= 0.6 is 0 Å². The van der Waals surface area contributed by atoms with Crippen LogP contribution in [-0.4, -0.2) is 4.98 Å². The lowest BCUT2D eigenvalue weighted by atomic mass is 10.0. The third-order valence-corrected chi connectivity index (χ3v) is 3.19. The molecule has 82 valence electrons. The second kappa shape index (κ2) is 3.40. The minimum absolute atomic E-state index is 0. The minimum Gasteiger partial charge on any atom is -0.344 e. The largest absolute Gasteiger partial charge is 0.344 e. The van der Waals surface area contributed by atoms with E-state index in [4.69, 9.17) is 4.98 Å². The smallest absolute Gasteiger partial charge is 0.0788 e. The summed E-state index contributed by atoms with van der Waals surface area (Å²) in [4.78, 5) is 4.74. The molecule has 2 nitrogen and oxygen atoms in total. The van der Waals surface area contributed by atoms with Crippen LogP contribution in [0.1, 0.15) is 0 Å². The van der Waals surface area contributed by atoms with Gasteiger partial charge in [0, 0.05) is 16.2 Å². The van der Waals surface area contributed by atoms with Gasteiger partial charge in [0.2, 0.25) is 0 Å². The molecule has 1 aromatic heterocycles. The molecule has 5 aromatic rings. The van der Waals surface area contributed by atoms with E-state index in [9.17, 15) is 0 Å². The molecule has 2 heteroatoms. The number of benzene rings is 4. The predicted octanol–water partition coefficient (Wildman–Crippen LogP) is 4.14. The monoisotopic (exact) mass is 220 g/mol. The molecule has 0 saturated heterocycles. The van der Waals surface area contributed by atoms with Gasteiger partial charge in [-0.2, -0.15) is 0 Å². The van der Waals surface area contributed by atoms with E-state index in [1.165, 1.54) is 21.5 Å². The van der Waals surface area contributed by atoms with Crippen LogP contribution in [-0.2, 0) is 0 Å². The number of hydrogen-bond acceptors (Lipinski definition) is 2. The average Bonchev–Trinajstić information content (AvgIpc) is 2.38. The predicted molar refractivity (Wildman–Crippen MR) is 73.0 cm³/mol. The molecule has 1 heterocycles. The molecule has 3 N–H and O–H groups in total. The van der Waals surface area contributed by atoms with E-state index in [0.29, 0.717) is 0 Å². The van der Waals surface area contributed by atoms with Crippen LogP contribution in [0.5, 0.6) is 0 Å². The fourth-order valence-corrected chi connectivity index (χ4v) is 2.36. The number of hydrogen-bond donors (Lipinski definition) is 1. The third kappa shape index (κ3) is 1.28. The quantitative estimate of drug-likeness (QED) is 0.453. The van der Waals surface area contributed by atoms with Gasteiger partial charge in [-0.05, 0) is 17.5 Å². The Balaban J connectivity index is 0.000000902. The third-order valence-electron chi connectivity index (χ3n) is 3.19. The number of para-hydroxylation sites is 1. The molecule has 4 aromatic carbocycles. The number of pyridine rings is 1. The molecule has 0 radical (unpaired) electrons. The molecule has 0 aliphatic heterocycles. The van der Waals surface area contributed by atoms with Gasteiger partial charge >= 0.3 is 0 Å². The van der Waals surface area contributed by atoms with Crippen LogP contribution in [0.3, 0.4) is 0 Å². The summed E-state index contributed by atoms with van der Waals surface area (Å²) in [5.41, 5.74) is 2.20. The van der Waals surface area contributed by atoms with E-state index >= 15 is 0 Å². The van der Waals surface area contributed by atoms with Crippen molar-refractivity contribution in [3.63, 3.8) is 0 Å². The van der Waals surface area contributed by atoms with Crippen molar-refractivity contribution in [1.82, 2.24) is 11.1 Å². The highest BCUT2D eigenvalue weighted by atomic mass is 14.7. The maximum atomic E-state index is 4.74. The van der Waals surface area contributed by atoms with E-state index < -0.39 is 0 Å². The van der Waals surface area contributed by atoms with E-state index in [1.54, 1.807) is 0 Å². The Labute approximate surface area is 98.8 Å². The van der Waals surface area contributed by atoms with Gasteiger partial charge in [-0.25, -0.2) is 4.98 Å².